The van der Waals surface area contributed by atoms with Crippen LogP contribution in [0.2, 0.25) is 0 Å². The summed E-state index contributed by atoms with van der Waals surface area (Å²) in [6.07, 6.45) is 2.67. The molecule has 0 rings (SSSR count). The molecule has 62 valence electrons. The topological polar surface area (TPSA) is 0 Å². The van der Waals surface area contributed by atoms with Crippen molar-refractivity contribution in [1.29, 1.82) is 0 Å². The minimum absolute atomic E-state index is 0.429. The van der Waals surface area contributed by atoms with Gasteiger partial charge in [-0.2, -0.15) is 0 Å². The zero-order chi connectivity index (χ0) is 8.04. The van der Waals surface area contributed by atoms with E-state index in [0.29, 0.717) is 4.75 Å². The van der Waals surface area contributed by atoms with Crippen LogP contribution in [-0.2, 0) is 0 Å². The van der Waals surface area contributed by atoms with Gasteiger partial charge in [0.1, 0.15) is 0 Å². The summed E-state index contributed by atoms with van der Waals surface area (Å²) in [5, 5.41) is 0. The van der Waals surface area contributed by atoms with Gasteiger partial charge in [-0.1, -0.05) is 55.7 Å². The second-order valence-electron chi connectivity index (χ2n) is 3.37. The zero-order valence-electron chi connectivity index (χ0n) is 7.44. The van der Waals surface area contributed by atoms with Crippen LogP contribution in [0.3, 0.4) is 0 Å². The first-order valence-corrected chi connectivity index (χ1v) is 6.19. The summed E-state index contributed by atoms with van der Waals surface area (Å²) in [6, 6.07) is 0. The van der Waals surface area contributed by atoms with E-state index >= 15 is 0 Å². The third kappa shape index (κ3) is 8.70. The molecule has 0 aromatic rings. The highest BCUT2D eigenvalue weighted by Crippen LogP contribution is 2.35. The van der Waals surface area contributed by atoms with Crippen LogP contribution in [0.25, 0.3) is 0 Å². The largest absolute Gasteiger partial charge is 0.0936 e. The highest BCUT2D eigenvalue weighted by atomic mass is 33.1. The van der Waals surface area contributed by atoms with E-state index in [-0.39, 0.29) is 0 Å². The molecule has 0 aromatic heterocycles. The van der Waals surface area contributed by atoms with Crippen molar-refractivity contribution in [3.63, 3.8) is 0 Å². The maximum absolute atomic E-state index is 2.26. The molecule has 0 amide bonds. The number of rotatable bonds is 4. The van der Waals surface area contributed by atoms with Crippen LogP contribution in [-0.4, -0.2) is 10.5 Å². The van der Waals surface area contributed by atoms with Crippen molar-refractivity contribution >= 4 is 21.6 Å². The predicted octanol–water partition coefficient (Wildman–Crippen LogP) is 3.97. The Balaban J connectivity index is 3.04. The quantitative estimate of drug-likeness (QED) is 0.472. The van der Waals surface area contributed by atoms with Gasteiger partial charge in [0, 0.05) is 10.5 Å². The lowest BCUT2D eigenvalue weighted by Crippen LogP contribution is -2.04. The summed E-state index contributed by atoms with van der Waals surface area (Å²) < 4.78 is 0.429. The molecule has 0 N–H and O–H groups in total. The van der Waals surface area contributed by atoms with Crippen molar-refractivity contribution in [2.24, 2.45) is 0 Å². The molecular weight excluding hydrogens is 160 g/mol. The van der Waals surface area contributed by atoms with Crippen LogP contribution >= 0.6 is 21.6 Å². The standard InChI is InChI=1S/C8H18S2/c1-5-6-7-9-10-8(2,3)4/h5-7H2,1-4H3. The van der Waals surface area contributed by atoms with Crippen LogP contribution in [0.15, 0.2) is 0 Å². The van der Waals surface area contributed by atoms with Gasteiger partial charge in [-0.05, 0) is 6.42 Å². The summed E-state index contributed by atoms with van der Waals surface area (Å²) in [5.41, 5.74) is 0. The molecule has 0 heterocycles. The van der Waals surface area contributed by atoms with Gasteiger partial charge in [0.25, 0.3) is 0 Å². The van der Waals surface area contributed by atoms with Gasteiger partial charge in [0.05, 0.1) is 0 Å². The fourth-order valence-corrected chi connectivity index (χ4v) is 2.93. The monoisotopic (exact) mass is 178 g/mol. The molecular formula is C8H18S2. The van der Waals surface area contributed by atoms with E-state index in [9.17, 15) is 0 Å². The molecule has 0 unspecified atom stereocenters. The van der Waals surface area contributed by atoms with Crippen molar-refractivity contribution in [3.05, 3.63) is 0 Å². The summed E-state index contributed by atoms with van der Waals surface area (Å²) in [6.45, 7) is 9.02. The molecule has 0 aliphatic carbocycles. The molecule has 0 fully saturated rings. The van der Waals surface area contributed by atoms with E-state index in [1.807, 2.05) is 21.6 Å². The van der Waals surface area contributed by atoms with E-state index in [2.05, 4.69) is 27.7 Å². The van der Waals surface area contributed by atoms with Crippen LogP contribution in [0.1, 0.15) is 40.5 Å². The number of unbranched alkanes of at least 4 members (excludes halogenated alkanes) is 1. The molecule has 0 atom stereocenters. The Kier molecular flexibility index (Phi) is 5.74. The molecule has 10 heavy (non-hydrogen) atoms. The first-order valence-electron chi connectivity index (χ1n) is 3.87. The van der Waals surface area contributed by atoms with Gasteiger partial charge in [0.15, 0.2) is 0 Å². The van der Waals surface area contributed by atoms with Crippen LogP contribution < -0.4 is 0 Å². The van der Waals surface area contributed by atoms with Crippen molar-refractivity contribution < 1.29 is 0 Å². The molecule has 0 aliphatic rings. The van der Waals surface area contributed by atoms with Crippen molar-refractivity contribution in [3.8, 4) is 0 Å². The highest BCUT2D eigenvalue weighted by Gasteiger charge is 2.09. The minimum atomic E-state index is 0.429. The molecule has 0 spiro atoms. The predicted molar refractivity (Wildman–Crippen MR) is 54.7 cm³/mol. The summed E-state index contributed by atoms with van der Waals surface area (Å²) in [7, 11) is 3.99. The van der Waals surface area contributed by atoms with E-state index in [4.69, 9.17) is 0 Å². The SMILES string of the molecule is CCCCSSC(C)(C)C. The fourth-order valence-electron chi connectivity index (χ4n) is 0.422. The van der Waals surface area contributed by atoms with Crippen LogP contribution in [0.4, 0.5) is 0 Å². The second kappa shape index (κ2) is 5.36. The van der Waals surface area contributed by atoms with Crippen molar-refractivity contribution in [2.45, 2.75) is 45.3 Å². The number of hydrogen-bond donors (Lipinski definition) is 0. The molecule has 0 saturated heterocycles. The Labute approximate surface area is 72.9 Å². The lowest BCUT2D eigenvalue weighted by atomic mass is 10.3. The molecule has 0 nitrogen and oxygen atoms in total. The zero-order valence-corrected chi connectivity index (χ0v) is 9.07. The molecule has 0 radical (unpaired) electrons. The van der Waals surface area contributed by atoms with Crippen LogP contribution in [0.5, 0.6) is 0 Å². The van der Waals surface area contributed by atoms with Gasteiger partial charge in [-0.3, -0.25) is 0 Å². The first-order chi connectivity index (χ1) is 4.56. The number of hydrogen-bond acceptors (Lipinski definition) is 2. The van der Waals surface area contributed by atoms with Crippen LogP contribution in [0, 0.1) is 0 Å². The molecule has 2 heteroatoms. The van der Waals surface area contributed by atoms with Gasteiger partial charge in [-0.15, -0.1) is 0 Å². The Morgan fingerprint density at radius 2 is 1.80 bits per heavy atom. The normalized spacial score (nSPS) is 12.0. The van der Waals surface area contributed by atoms with E-state index in [1.165, 1.54) is 18.6 Å². The third-order valence-corrected chi connectivity index (χ3v) is 4.32. The van der Waals surface area contributed by atoms with E-state index in [1.54, 1.807) is 0 Å². The first kappa shape index (κ1) is 10.7. The summed E-state index contributed by atoms with van der Waals surface area (Å²) >= 11 is 0. The second-order valence-corrected chi connectivity index (χ2v) is 6.61. The van der Waals surface area contributed by atoms with Gasteiger partial charge in [-0.25, -0.2) is 0 Å². The Bertz CT molecular complexity index is 73.8. The highest BCUT2D eigenvalue weighted by molar-refractivity contribution is 8.77. The van der Waals surface area contributed by atoms with Gasteiger partial charge in [0.2, 0.25) is 0 Å². The van der Waals surface area contributed by atoms with E-state index in [0.717, 1.165) is 0 Å². The lowest BCUT2D eigenvalue weighted by molar-refractivity contribution is 0.810. The molecule has 0 aromatic carbocycles. The van der Waals surface area contributed by atoms with Gasteiger partial charge < -0.3 is 0 Å². The smallest absolute Gasteiger partial charge is 0.0179 e. The molecule has 0 bridgehead atoms. The maximum Gasteiger partial charge on any atom is 0.0179 e. The molecule has 0 saturated carbocycles. The summed E-state index contributed by atoms with van der Waals surface area (Å²) in [5.74, 6) is 1.30. The molecule has 0 aliphatic heterocycles. The lowest BCUT2D eigenvalue weighted by Gasteiger charge is -2.15. The van der Waals surface area contributed by atoms with Gasteiger partial charge >= 0.3 is 0 Å². The van der Waals surface area contributed by atoms with Crippen molar-refractivity contribution in [2.75, 3.05) is 5.75 Å². The fraction of sp³-hybridized carbons (Fsp3) is 1.00. The maximum atomic E-state index is 2.26. The van der Waals surface area contributed by atoms with Crippen molar-refractivity contribution in [1.82, 2.24) is 0 Å². The minimum Gasteiger partial charge on any atom is -0.0936 e. The third-order valence-electron chi connectivity index (χ3n) is 0.890. The average molecular weight is 178 g/mol. The average Bonchev–Trinajstić information content (AvgIpc) is 1.78. The summed E-state index contributed by atoms with van der Waals surface area (Å²) in [4.78, 5) is 0. The Hall–Kier alpha value is 0.700. The Morgan fingerprint density at radius 1 is 1.20 bits per heavy atom. The van der Waals surface area contributed by atoms with E-state index < -0.39 is 0 Å². The Morgan fingerprint density at radius 3 is 2.20 bits per heavy atom.